The maximum atomic E-state index is 12.4. The van der Waals surface area contributed by atoms with Gasteiger partial charge in [0.1, 0.15) is 17.8 Å². The van der Waals surface area contributed by atoms with E-state index in [1.165, 1.54) is 6.33 Å². The summed E-state index contributed by atoms with van der Waals surface area (Å²) < 4.78 is 14.3. The van der Waals surface area contributed by atoms with Crippen molar-refractivity contribution in [3.63, 3.8) is 0 Å². The average molecular weight is 413 g/mol. The first-order valence-electron chi connectivity index (χ1n) is 10.2. The molecule has 3 aromatic rings. The van der Waals surface area contributed by atoms with Gasteiger partial charge >= 0.3 is 0 Å². The van der Waals surface area contributed by atoms with Gasteiger partial charge in [-0.15, -0.1) is 0 Å². The van der Waals surface area contributed by atoms with Crippen molar-refractivity contribution in [1.29, 1.82) is 0 Å². The minimum atomic E-state index is -0.830. The number of amides is 1. The van der Waals surface area contributed by atoms with Gasteiger partial charge < -0.3 is 14.5 Å². The smallest absolute Gasteiger partial charge is 0.278 e. The molecular formula is C20H24FN7O2. The van der Waals surface area contributed by atoms with Crippen LogP contribution in [-0.2, 0) is 11.3 Å². The Balaban J connectivity index is 0.000000168. The standard InChI is InChI=1S/C12H12N6O.C8H12FNO/c1-3-18-10(8-4-13-7(2)14-5-8)17-9-11(18)15-6-16-12(9)19;9-7-5-6(7)8(11)10-3-1-2-4-10/h4-6H,3H2,1-2H3,(H,15,16,19);6-7H,1-5H2. The normalized spacial score (nSPS) is 20.2. The highest BCUT2D eigenvalue weighted by Gasteiger charge is 2.45. The minimum absolute atomic E-state index is 0.0509. The molecule has 1 N–H and O–H groups in total. The lowest BCUT2D eigenvalue weighted by Crippen LogP contribution is -2.29. The van der Waals surface area contributed by atoms with E-state index in [0.717, 1.165) is 31.5 Å². The number of carbonyl (C=O) groups excluding carboxylic acids is 1. The van der Waals surface area contributed by atoms with Crippen molar-refractivity contribution in [2.24, 2.45) is 5.92 Å². The van der Waals surface area contributed by atoms with Crippen molar-refractivity contribution in [2.45, 2.75) is 45.8 Å². The Morgan fingerprint density at radius 3 is 2.50 bits per heavy atom. The monoisotopic (exact) mass is 413 g/mol. The van der Waals surface area contributed by atoms with Crippen molar-refractivity contribution >= 4 is 17.1 Å². The number of fused-ring (bicyclic) bond motifs is 1. The van der Waals surface area contributed by atoms with Crippen LogP contribution in [-0.4, -0.2) is 59.6 Å². The third-order valence-corrected chi connectivity index (χ3v) is 5.34. The van der Waals surface area contributed by atoms with Gasteiger partial charge in [0.05, 0.1) is 17.8 Å². The Kier molecular flexibility index (Phi) is 5.56. The second-order valence-electron chi connectivity index (χ2n) is 7.49. The van der Waals surface area contributed by atoms with E-state index in [-0.39, 0.29) is 17.4 Å². The lowest BCUT2D eigenvalue weighted by molar-refractivity contribution is -0.131. The molecule has 30 heavy (non-hydrogen) atoms. The molecular weight excluding hydrogens is 389 g/mol. The number of H-pyrrole nitrogens is 1. The molecule has 10 heteroatoms. The molecule has 1 aliphatic heterocycles. The number of hydrogen-bond acceptors (Lipinski definition) is 6. The number of aromatic nitrogens is 6. The minimum Gasteiger partial charge on any atom is -0.342 e. The highest BCUT2D eigenvalue weighted by molar-refractivity contribution is 5.82. The number of carbonyl (C=O) groups is 1. The number of aryl methyl sites for hydroxylation is 2. The Hall–Kier alpha value is -3.17. The van der Waals surface area contributed by atoms with Crippen LogP contribution in [0.4, 0.5) is 4.39 Å². The summed E-state index contributed by atoms with van der Waals surface area (Å²) in [4.78, 5) is 44.2. The van der Waals surface area contributed by atoms with E-state index in [0.29, 0.717) is 35.8 Å². The fourth-order valence-corrected chi connectivity index (χ4v) is 3.57. The fourth-order valence-electron chi connectivity index (χ4n) is 3.57. The number of rotatable bonds is 3. The van der Waals surface area contributed by atoms with E-state index in [2.05, 4.69) is 24.9 Å². The van der Waals surface area contributed by atoms with Crippen molar-refractivity contribution in [3.05, 3.63) is 34.9 Å². The highest BCUT2D eigenvalue weighted by Crippen LogP contribution is 2.36. The quantitative estimate of drug-likeness (QED) is 0.702. The zero-order valence-corrected chi connectivity index (χ0v) is 17.0. The molecule has 3 aromatic heterocycles. The van der Waals surface area contributed by atoms with Crippen LogP contribution in [0.15, 0.2) is 23.5 Å². The van der Waals surface area contributed by atoms with Crippen LogP contribution in [0.25, 0.3) is 22.6 Å². The molecule has 9 nitrogen and oxygen atoms in total. The van der Waals surface area contributed by atoms with E-state index < -0.39 is 6.17 Å². The van der Waals surface area contributed by atoms with Crippen LogP contribution in [0.1, 0.15) is 32.0 Å². The Morgan fingerprint density at radius 1 is 1.23 bits per heavy atom. The van der Waals surface area contributed by atoms with Crippen LogP contribution < -0.4 is 5.56 Å². The summed E-state index contributed by atoms with van der Waals surface area (Å²) in [5.41, 5.74) is 1.43. The van der Waals surface area contributed by atoms with Gasteiger partial charge in [0.25, 0.3) is 5.56 Å². The Morgan fingerprint density at radius 2 is 1.90 bits per heavy atom. The molecule has 0 radical (unpaired) electrons. The number of nitrogens with one attached hydrogen (secondary N) is 1. The van der Waals surface area contributed by atoms with Gasteiger partial charge in [-0.05, 0) is 33.1 Å². The summed E-state index contributed by atoms with van der Waals surface area (Å²) >= 11 is 0. The highest BCUT2D eigenvalue weighted by atomic mass is 19.1. The van der Waals surface area contributed by atoms with Gasteiger partial charge in [0.15, 0.2) is 11.2 Å². The molecule has 1 aliphatic carbocycles. The van der Waals surface area contributed by atoms with Crippen molar-refractivity contribution in [3.8, 4) is 11.4 Å². The number of hydrogen-bond donors (Lipinski definition) is 1. The van der Waals surface area contributed by atoms with Crippen LogP contribution in [0, 0.1) is 12.8 Å². The van der Waals surface area contributed by atoms with Gasteiger partial charge in [-0.1, -0.05) is 0 Å². The number of halogens is 1. The molecule has 0 aromatic carbocycles. The first-order valence-corrected chi connectivity index (χ1v) is 10.2. The van der Waals surface area contributed by atoms with E-state index in [1.54, 1.807) is 17.3 Å². The van der Waals surface area contributed by atoms with Crippen molar-refractivity contribution < 1.29 is 9.18 Å². The number of alkyl halides is 1. The molecule has 2 fully saturated rings. The summed E-state index contributed by atoms with van der Waals surface area (Å²) in [6.07, 6.45) is 6.60. The number of nitrogens with zero attached hydrogens (tertiary/aromatic N) is 6. The lowest BCUT2D eigenvalue weighted by Gasteiger charge is -2.13. The lowest BCUT2D eigenvalue weighted by atomic mass is 10.3. The summed E-state index contributed by atoms with van der Waals surface area (Å²) in [5.74, 6) is 1.13. The first-order chi connectivity index (χ1) is 14.5. The molecule has 4 heterocycles. The van der Waals surface area contributed by atoms with Crippen LogP contribution in [0.5, 0.6) is 0 Å². The Labute approximate surface area is 172 Å². The summed E-state index contributed by atoms with van der Waals surface area (Å²) in [5, 5.41) is 0. The topological polar surface area (TPSA) is 110 Å². The number of aromatic amines is 1. The summed E-state index contributed by atoms with van der Waals surface area (Å²) in [6, 6.07) is 0. The first kappa shape index (κ1) is 20.1. The maximum Gasteiger partial charge on any atom is 0.278 e. The van der Waals surface area contributed by atoms with Crippen LogP contribution >= 0.6 is 0 Å². The zero-order valence-electron chi connectivity index (χ0n) is 17.0. The van der Waals surface area contributed by atoms with E-state index >= 15 is 0 Å². The van der Waals surface area contributed by atoms with Gasteiger partial charge in [-0.3, -0.25) is 9.59 Å². The zero-order chi connectivity index (χ0) is 21.3. The molecule has 5 rings (SSSR count). The molecule has 1 saturated carbocycles. The van der Waals surface area contributed by atoms with Gasteiger partial charge in [-0.2, -0.15) is 0 Å². The second kappa shape index (κ2) is 8.29. The average Bonchev–Trinajstić information content (AvgIpc) is 3.13. The largest absolute Gasteiger partial charge is 0.342 e. The number of imidazole rings is 1. The predicted octanol–water partition coefficient (Wildman–Crippen LogP) is 1.87. The molecule has 0 bridgehead atoms. The van der Waals surface area contributed by atoms with Crippen molar-refractivity contribution in [1.82, 2.24) is 34.4 Å². The molecule has 1 amide bonds. The second-order valence-corrected chi connectivity index (χ2v) is 7.49. The maximum absolute atomic E-state index is 12.4. The van der Waals surface area contributed by atoms with Crippen LogP contribution in [0.3, 0.4) is 0 Å². The summed E-state index contributed by atoms with van der Waals surface area (Å²) in [7, 11) is 0. The van der Waals surface area contributed by atoms with E-state index in [9.17, 15) is 14.0 Å². The van der Waals surface area contributed by atoms with Crippen molar-refractivity contribution in [2.75, 3.05) is 13.1 Å². The van der Waals surface area contributed by atoms with Gasteiger partial charge in [0, 0.05) is 32.0 Å². The molecule has 2 aliphatic rings. The predicted molar refractivity (Wildman–Crippen MR) is 108 cm³/mol. The van der Waals surface area contributed by atoms with Gasteiger partial charge in [0.2, 0.25) is 5.91 Å². The molecule has 0 spiro atoms. The van der Waals surface area contributed by atoms with Gasteiger partial charge in [-0.25, -0.2) is 24.3 Å². The fraction of sp³-hybridized carbons (Fsp3) is 0.500. The van der Waals surface area contributed by atoms with E-state index in [4.69, 9.17) is 0 Å². The molecule has 158 valence electrons. The molecule has 2 unspecified atom stereocenters. The SMILES string of the molecule is CCn1c(-c2cnc(C)nc2)nc2c(=O)[nH]cnc21.O=C(C1CC1F)N1CCCC1. The van der Waals surface area contributed by atoms with Crippen LogP contribution in [0.2, 0.25) is 0 Å². The third kappa shape index (κ3) is 3.94. The Bertz CT molecular complexity index is 1100. The van der Waals surface area contributed by atoms with E-state index in [1.807, 2.05) is 18.4 Å². The number of likely N-dealkylation sites (tertiary alicyclic amines) is 1. The molecule has 2 atom stereocenters. The summed E-state index contributed by atoms with van der Waals surface area (Å²) in [6.45, 7) is 6.15. The third-order valence-electron chi connectivity index (χ3n) is 5.34. The molecule has 1 saturated heterocycles.